The average Bonchev–Trinajstić information content (AvgIpc) is 2.77. The Kier molecular flexibility index (Phi) is 3.92. The highest BCUT2D eigenvalue weighted by Crippen LogP contribution is 2.08. The van der Waals surface area contributed by atoms with Gasteiger partial charge in [0.15, 0.2) is 0 Å². The van der Waals surface area contributed by atoms with Crippen molar-refractivity contribution in [3.05, 3.63) is 5.82 Å². The fraction of sp³-hybridized carbons (Fsp3) is 0.625. The van der Waals surface area contributed by atoms with Crippen LogP contribution in [0, 0.1) is 5.92 Å². The van der Waals surface area contributed by atoms with Crippen molar-refractivity contribution in [3.8, 4) is 0 Å². The number of carbonyl (C=O) groups is 2. The van der Waals surface area contributed by atoms with Crippen molar-refractivity contribution in [1.29, 1.82) is 0 Å². The van der Waals surface area contributed by atoms with Crippen molar-refractivity contribution >= 4 is 11.9 Å². The van der Waals surface area contributed by atoms with Gasteiger partial charge in [-0.25, -0.2) is 4.79 Å². The van der Waals surface area contributed by atoms with E-state index in [1.165, 1.54) is 0 Å². The summed E-state index contributed by atoms with van der Waals surface area (Å²) in [5.41, 5.74) is 0. The van der Waals surface area contributed by atoms with E-state index in [9.17, 15) is 9.59 Å². The normalized spacial score (nSPS) is 14.1. The maximum absolute atomic E-state index is 11.5. The summed E-state index contributed by atoms with van der Waals surface area (Å²) in [5.74, 6) is -2.07. The molecule has 0 fully saturated rings. The predicted molar refractivity (Wildman–Crippen MR) is 52.5 cm³/mol. The number of rotatable bonds is 5. The van der Waals surface area contributed by atoms with Crippen LogP contribution in [0.4, 0.5) is 0 Å². The summed E-state index contributed by atoms with van der Waals surface area (Å²) in [6, 6.07) is -0.948. The van der Waals surface area contributed by atoms with Gasteiger partial charge >= 0.3 is 5.97 Å². The third-order valence-corrected chi connectivity index (χ3v) is 2.31. The zero-order chi connectivity index (χ0) is 12.1. The summed E-state index contributed by atoms with van der Waals surface area (Å²) in [7, 11) is 0. The van der Waals surface area contributed by atoms with Gasteiger partial charge in [0.1, 0.15) is 6.04 Å². The molecule has 1 heterocycles. The van der Waals surface area contributed by atoms with Gasteiger partial charge in [-0.2, -0.15) is 5.21 Å². The van der Waals surface area contributed by atoms with Crippen LogP contribution in [0.15, 0.2) is 0 Å². The molecule has 8 nitrogen and oxygen atoms in total. The van der Waals surface area contributed by atoms with Crippen molar-refractivity contribution in [2.45, 2.75) is 26.3 Å². The summed E-state index contributed by atoms with van der Waals surface area (Å²) in [6.45, 7) is 3.59. The van der Waals surface area contributed by atoms with E-state index in [0.29, 0.717) is 6.42 Å². The van der Waals surface area contributed by atoms with Gasteiger partial charge in [-0.15, -0.1) is 10.2 Å². The van der Waals surface area contributed by atoms with Crippen LogP contribution in [-0.2, 0) is 4.79 Å². The lowest BCUT2D eigenvalue weighted by Crippen LogP contribution is -2.45. The predicted octanol–water partition coefficient (Wildman–Crippen LogP) is -0.571. The number of tetrazole rings is 1. The summed E-state index contributed by atoms with van der Waals surface area (Å²) < 4.78 is 0. The number of aromatic nitrogens is 4. The molecule has 0 saturated heterocycles. The molecule has 88 valence electrons. The Balaban J connectivity index is 2.69. The van der Waals surface area contributed by atoms with E-state index in [4.69, 9.17) is 5.11 Å². The van der Waals surface area contributed by atoms with Crippen LogP contribution < -0.4 is 5.32 Å². The minimum atomic E-state index is -1.08. The van der Waals surface area contributed by atoms with Crippen LogP contribution in [0.3, 0.4) is 0 Å². The standard InChI is InChI=1S/C8H13N5O3/c1-3-4(2)5(8(15)16)9-7(14)6-10-12-13-11-6/h4-5H,3H2,1-2H3,(H,9,14)(H,15,16)(H,10,11,12,13)/t4-,5-/m0/s1. The number of nitrogens with zero attached hydrogens (tertiary/aromatic N) is 3. The maximum atomic E-state index is 11.5. The Hall–Kier alpha value is -1.99. The van der Waals surface area contributed by atoms with E-state index in [1.54, 1.807) is 6.92 Å². The van der Waals surface area contributed by atoms with Crippen LogP contribution in [-0.4, -0.2) is 43.6 Å². The number of aliphatic carboxylic acids is 1. The molecule has 1 aromatic rings. The third kappa shape index (κ3) is 2.75. The number of nitrogens with one attached hydrogen (secondary N) is 2. The maximum Gasteiger partial charge on any atom is 0.326 e. The topological polar surface area (TPSA) is 121 Å². The minimum Gasteiger partial charge on any atom is -0.480 e. The first-order chi connectivity index (χ1) is 7.56. The van der Waals surface area contributed by atoms with E-state index in [-0.39, 0.29) is 11.7 Å². The molecule has 0 aliphatic carbocycles. The smallest absolute Gasteiger partial charge is 0.326 e. The lowest BCUT2D eigenvalue weighted by Gasteiger charge is -2.18. The first kappa shape index (κ1) is 12.1. The highest BCUT2D eigenvalue weighted by Gasteiger charge is 2.26. The van der Waals surface area contributed by atoms with E-state index < -0.39 is 17.9 Å². The zero-order valence-electron chi connectivity index (χ0n) is 8.97. The number of aromatic amines is 1. The quantitative estimate of drug-likeness (QED) is 0.619. The van der Waals surface area contributed by atoms with Gasteiger partial charge in [-0.05, 0) is 11.1 Å². The number of hydrogen-bond donors (Lipinski definition) is 3. The molecule has 0 unspecified atom stereocenters. The second kappa shape index (κ2) is 5.19. The molecule has 1 amide bonds. The fourth-order valence-electron chi connectivity index (χ4n) is 1.15. The van der Waals surface area contributed by atoms with E-state index >= 15 is 0 Å². The molecule has 0 aliphatic rings. The van der Waals surface area contributed by atoms with E-state index in [2.05, 4.69) is 25.9 Å². The number of H-pyrrole nitrogens is 1. The van der Waals surface area contributed by atoms with E-state index in [0.717, 1.165) is 0 Å². The largest absolute Gasteiger partial charge is 0.480 e. The lowest BCUT2D eigenvalue weighted by molar-refractivity contribution is -0.140. The van der Waals surface area contributed by atoms with Gasteiger partial charge in [0.05, 0.1) is 0 Å². The fourth-order valence-corrected chi connectivity index (χ4v) is 1.15. The summed E-state index contributed by atoms with van der Waals surface area (Å²) in [5, 5.41) is 23.5. The summed E-state index contributed by atoms with van der Waals surface area (Å²) in [6.07, 6.45) is 0.642. The molecule has 16 heavy (non-hydrogen) atoms. The molecule has 1 rings (SSSR count). The minimum absolute atomic E-state index is 0.172. The number of carboxylic acid groups (broad SMARTS) is 1. The van der Waals surface area contributed by atoms with Gasteiger partial charge in [0, 0.05) is 0 Å². The Morgan fingerprint density at radius 3 is 2.69 bits per heavy atom. The summed E-state index contributed by atoms with van der Waals surface area (Å²) in [4.78, 5) is 22.4. The number of amides is 1. The Morgan fingerprint density at radius 2 is 2.25 bits per heavy atom. The molecule has 0 aromatic carbocycles. The van der Waals surface area contributed by atoms with Crippen LogP contribution in [0.5, 0.6) is 0 Å². The van der Waals surface area contributed by atoms with Crippen molar-refractivity contribution in [2.24, 2.45) is 5.92 Å². The number of carbonyl (C=O) groups excluding carboxylic acids is 1. The third-order valence-electron chi connectivity index (χ3n) is 2.31. The molecular formula is C8H13N5O3. The molecule has 0 radical (unpaired) electrons. The lowest BCUT2D eigenvalue weighted by atomic mass is 9.99. The highest BCUT2D eigenvalue weighted by molar-refractivity contribution is 5.93. The average molecular weight is 227 g/mol. The van der Waals surface area contributed by atoms with Crippen molar-refractivity contribution < 1.29 is 14.7 Å². The van der Waals surface area contributed by atoms with Crippen LogP contribution >= 0.6 is 0 Å². The molecule has 0 bridgehead atoms. The van der Waals surface area contributed by atoms with Gasteiger partial charge in [-0.1, -0.05) is 20.3 Å². The molecule has 0 saturated carbocycles. The van der Waals surface area contributed by atoms with Gasteiger partial charge < -0.3 is 10.4 Å². The van der Waals surface area contributed by atoms with Crippen molar-refractivity contribution in [1.82, 2.24) is 25.9 Å². The molecule has 2 atom stereocenters. The molecule has 8 heteroatoms. The Labute approximate surface area is 91.4 Å². The van der Waals surface area contributed by atoms with Crippen LogP contribution in [0.25, 0.3) is 0 Å². The molecule has 0 aliphatic heterocycles. The van der Waals surface area contributed by atoms with E-state index in [1.807, 2.05) is 6.92 Å². The SMILES string of the molecule is CC[C@H](C)[C@H](NC(=O)c1nn[nH]n1)C(=O)O. The van der Waals surface area contributed by atoms with Gasteiger partial charge in [0.25, 0.3) is 11.7 Å². The molecular weight excluding hydrogens is 214 g/mol. The highest BCUT2D eigenvalue weighted by atomic mass is 16.4. The zero-order valence-corrected chi connectivity index (χ0v) is 8.97. The van der Waals surface area contributed by atoms with Gasteiger partial charge in [-0.3, -0.25) is 4.79 Å². The first-order valence-corrected chi connectivity index (χ1v) is 4.83. The van der Waals surface area contributed by atoms with Crippen LogP contribution in [0.1, 0.15) is 30.9 Å². The number of carboxylic acids is 1. The molecule has 0 spiro atoms. The van der Waals surface area contributed by atoms with Crippen molar-refractivity contribution in [3.63, 3.8) is 0 Å². The van der Waals surface area contributed by atoms with Crippen molar-refractivity contribution in [2.75, 3.05) is 0 Å². The molecule has 3 N–H and O–H groups in total. The summed E-state index contributed by atoms with van der Waals surface area (Å²) >= 11 is 0. The van der Waals surface area contributed by atoms with Gasteiger partial charge in [0.2, 0.25) is 0 Å². The Morgan fingerprint density at radius 1 is 1.56 bits per heavy atom. The second-order valence-electron chi connectivity index (χ2n) is 3.41. The Bertz CT molecular complexity index is 364. The molecule has 1 aromatic heterocycles. The monoisotopic (exact) mass is 227 g/mol. The second-order valence-corrected chi connectivity index (χ2v) is 3.41. The van der Waals surface area contributed by atoms with Crippen LogP contribution in [0.2, 0.25) is 0 Å². The number of hydrogen-bond acceptors (Lipinski definition) is 5. The first-order valence-electron chi connectivity index (χ1n) is 4.83.